The number of rotatable bonds is 3. The standard InChI is InChI=1S/C23H19F3N4O4/c1-28-11-16-17(10-20(28)31)30(27-21(16)23(24,25)26)15-5-3-4-13(8-15)22(32)29(2)14-6-7-18-19(9-14)34-12-33-18/h3-9H,10-12H2,1-2H3. The number of hydrogen-bond acceptors (Lipinski definition) is 5. The number of halogens is 3. The van der Waals surface area contributed by atoms with Crippen LogP contribution in [-0.4, -0.2) is 47.4 Å². The number of likely N-dealkylation sites (N-methyl/N-ethyl adjacent to an activating group) is 1. The summed E-state index contributed by atoms with van der Waals surface area (Å²) in [6, 6.07) is 11.2. The zero-order chi connectivity index (χ0) is 24.2. The molecule has 0 aliphatic carbocycles. The second-order valence-corrected chi connectivity index (χ2v) is 8.06. The van der Waals surface area contributed by atoms with Gasteiger partial charge in [-0.3, -0.25) is 9.59 Å². The van der Waals surface area contributed by atoms with Crippen molar-refractivity contribution in [3.8, 4) is 17.2 Å². The number of hydrogen-bond donors (Lipinski definition) is 0. The molecule has 0 fully saturated rings. The predicted octanol–water partition coefficient (Wildman–Crippen LogP) is 3.41. The Labute approximate surface area is 192 Å². The highest BCUT2D eigenvalue weighted by molar-refractivity contribution is 6.06. The van der Waals surface area contributed by atoms with Gasteiger partial charge in [-0.1, -0.05) is 6.07 Å². The Hall–Kier alpha value is -4.02. The number of nitrogens with zero attached hydrogens (tertiary/aromatic N) is 4. The summed E-state index contributed by atoms with van der Waals surface area (Å²) in [7, 11) is 3.03. The first kappa shape index (κ1) is 21.8. The highest BCUT2D eigenvalue weighted by Gasteiger charge is 2.41. The van der Waals surface area contributed by atoms with E-state index in [9.17, 15) is 22.8 Å². The summed E-state index contributed by atoms with van der Waals surface area (Å²) in [4.78, 5) is 28.0. The lowest BCUT2D eigenvalue weighted by atomic mass is 10.0. The highest BCUT2D eigenvalue weighted by Crippen LogP contribution is 2.37. The Morgan fingerprint density at radius 2 is 1.88 bits per heavy atom. The van der Waals surface area contributed by atoms with E-state index in [1.54, 1.807) is 43.4 Å². The Morgan fingerprint density at radius 3 is 2.65 bits per heavy atom. The maximum Gasteiger partial charge on any atom is 0.435 e. The molecule has 0 atom stereocenters. The normalized spacial score (nSPS) is 14.9. The second kappa shape index (κ2) is 7.79. The number of aromatic nitrogens is 2. The molecule has 11 heteroatoms. The van der Waals surface area contributed by atoms with Gasteiger partial charge in [-0.05, 0) is 30.3 Å². The Morgan fingerprint density at radius 1 is 1.12 bits per heavy atom. The van der Waals surface area contributed by atoms with Gasteiger partial charge in [0.2, 0.25) is 12.7 Å². The van der Waals surface area contributed by atoms with Crippen LogP contribution in [0.1, 0.15) is 27.3 Å². The third kappa shape index (κ3) is 3.62. The number of benzene rings is 2. The number of carbonyl (C=O) groups is 2. The number of amides is 2. The molecule has 34 heavy (non-hydrogen) atoms. The maximum atomic E-state index is 13.7. The first-order chi connectivity index (χ1) is 16.1. The first-order valence-electron chi connectivity index (χ1n) is 10.3. The zero-order valence-electron chi connectivity index (χ0n) is 18.2. The van der Waals surface area contributed by atoms with Crippen LogP contribution in [0.4, 0.5) is 18.9 Å². The molecule has 2 aliphatic heterocycles. The van der Waals surface area contributed by atoms with Crippen molar-refractivity contribution in [3.63, 3.8) is 0 Å². The molecule has 0 saturated carbocycles. The fourth-order valence-corrected chi connectivity index (χ4v) is 4.05. The SMILES string of the molecule is CN1Cc2c(C(F)(F)F)nn(-c3cccc(C(=O)N(C)c4ccc5c(c4)OCO5)c3)c2CC1=O. The second-order valence-electron chi connectivity index (χ2n) is 8.06. The molecule has 2 amide bonds. The van der Waals surface area contributed by atoms with Crippen LogP contribution < -0.4 is 14.4 Å². The highest BCUT2D eigenvalue weighted by atomic mass is 19.4. The molecule has 0 unspecified atom stereocenters. The number of alkyl halides is 3. The van der Waals surface area contributed by atoms with Gasteiger partial charge < -0.3 is 19.3 Å². The van der Waals surface area contributed by atoms with Crippen molar-refractivity contribution >= 4 is 17.5 Å². The van der Waals surface area contributed by atoms with E-state index in [-0.39, 0.29) is 54.1 Å². The van der Waals surface area contributed by atoms with Gasteiger partial charge in [0, 0.05) is 43.5 Å². The number of anilines is 1. The van der Waals surface area contributed by atoms with Crippen LogP contribution in [0.3, 0.4) is 0 Å². The molecule has 0 spiro atoms. The summed E-state index contributed by atoms with van der Waals surface area (Å²) in [6.45, 7) is -0.0840. The number of carbonyl (C=O) groups excluding carboxylic acids is 2. The summed E-state index contributed by atoms with van der Waals surface area (Å²) in [5, 5.41) is 3.80. The van der Waals surface area contributed by atoms with Crippen molar-refractivity contribution < 1.29 is 32.2 Å². The monoisotopic (exact) mass is 472 g/mol. The van der Waals surface area contributed by atoms with Crippen LogP contribution in [-0.2, 0) is 23.9 Å². The minimum Gasteiger partial charge on any atom is -0.454 e. The minimum atomic E-state index is -4.68. The van der Waals surface area contributed by atoms with Gasteiger partial charge in [-0.2, -0.15) is 18.3 Å². The Kier molecular flexibility index (Phi) is 4.99. The molecule has 0 radical (unpaired) electrons. The van der Waals surface area contributed by atoms with Crippen molar-refractivity contribution in [2.24, 2.45) is 0 Å². The van der Waals surface area contributed by atoms with Gasteiger partial charge in [0.1, 0.15) is 0 Å². The molecule has 0 saturated heterocycles. The molecule has 176 valence electrons. The molecular weight excluding hydrogens is 453 g/mol. The van der Waals surface area contributed by atoms with E-state index in [0.29, 0.717) is 17.2 Å². The third-order valence-electron chi connectivity index (χ3n) is 5.88. The van der Waals surface area contributed by atoms with Crippen LogP contribution >= 0.6 is 0 Å². The molecule has 8 nitrogen and oxygen atoms in total. The molecular formula is C23H19F3N4O4. The Bertz CT molecular complexity index is 1320. The smallest absolute Gasteiger partial charge is 0.435 e. The van der Waals surface area contributed by atoms with E-state index < -0.39 is 11.9 Å². The molecule has 0 bridgehead atoms. The summed E-state index contributed by atoms with van der Waals surface area (Å²) in [6.07, 6.45) is -4.90. The number of fused-ring (bicyclic) bond motifs is 2. The molecule has 3 aromatic rings. The largest absolute Gasteiger partial charge is 0.454 e. The van der Waals surface area contributed by atoms with Crippen LogP contribution in [0.2, 0.25) is 0 Å². The van der Waals surface area contributed by atoms with Gasteiger partial charge in [-0.25, -0.2) is 4.68 Å². The summed E-state index contributed by atoms with van der Waals surface area (Å²) >= 11 is 0. The van der Waals surface area contributed by atoms with E-state index in [1.165, 1.54) is 22.9 Å². The molecule has 2 aromatic carbocycles. The fourth-order valence-electron chi connectivity index (χ4n) is 4.05. The van der Waals surface area contributed by atoms with Crippen molar-refractivity contribution in [2.45, 2.75) is 19.1 Å². The minimum absolute atomic E-state index is 0.0381. The topological polar surface area (TPSA) is 76.9 Å². The van der Waals surface area contributed by atoms with Gasteiger partial charge in [0.05, 0.1) is 17.8 Å². The van der Waals surface area contributed by atoms with Crippen LogP contribution in [0.15, 0.2) is 42.5 Å². The van der Waals surface area contributed by atoms with Gasteiger partial charge in [0.15, 0.2) is 17.2 Å². The van der Waals surface area contributed by atoms with Crippen LogP contribution in [0.25, 0.3) is 5.69 Å². The van der Waals surface area contributed by atoms with Crippen molar-refractivity contribution in [1.29, 1.82) is 0 Å². The van der Waals surface area contributed by atoms with E-state index in [1.807, 2.05) is 0 Å². The summed E-state index contributed by atoms with van der Waals surface area (Å²) in [5.41, 5.74) is 0.164. The fraction of sp³-hybridized carbons (Fsp3) is 0.261. The average molecular weight is 472 g/mol. The molecule has 2 aliphatic rings. The molecule has 5 rings (SSSR count). The van der Waals surface area contributed by atoms with Gasteiger partial charge in [0.25, 0.3) is 5.91 Å². The number of ether oxygens (including phenoxy) is 2. The van der Waals surface area contributed by atoms with Gasteiger partial charge in [-0.15, -0.1) is 0 Å². The van der Waals surface area contributed by atoms with Crippen LogP contribution in [0, 0.1) is 0 Å². The van der Waals surface area contributed by atoms with Crippen molar-refractivity contribution in [1.82, 2.24) is 14.7 Å². The molecule has 3 heterocycles. The molecule has 0 N–H and O–H groups in total. The average Bonchev–Trinajstić information content (AvgIpc) is 3.42. The lowest BCUT2D eigenvalue weighted by Crippen LogP contribution is -2.34. The lowest BCUT2D eigenvalue weighted by molar-refractivity contribution is -0.143. The van der Waals surface area contributed by atoms with Crippen LogP contribution in [0.5, 0.6) is 11.5 Å². The van der Waals surface area contributed by atoms with E-state index in [2.05, 4.69) is 5.10 Å². The van der Waals surface area contributed by atoms with E-state index in [0.717, 1.165) is 4.68 Å². The third-order valence-corrected chi connectivity index (χ3v) is 5.88. The molecule has 1 aromatic heterocycles. The zero-order valence-corrected chi connectivity index (χ0v) is 18.2. The summed E-state index contributed by atoms with van der Waals surface area (Å²) < 4.78 is 52.8. The predicted molar refractivity (Wildman–Crippen MR) is 114 cm³/mol. The van der Waals surface area contributed by atoms with Gasteiger partial charge >= 0.3 is 6.18 Å². The quantitative estimate of drug-likeness (QED) is 0.584. The lowest BCUT2D eigenvalue weighted by Gasteiger charge is -2.24. The van der Waals surface area contributed by atoms with E-state index in [4.69, 9.17) is 9.47 Å². The first-order valence-corrected chi connectivity index (χ1v) is 10.3. The van der Waals surface area contributed by atoms with Crippen molar-refractivity contribution in [3.05, 3.63) is 65.0 Å². The summed E-state index contributed by atoms with van der Waals surface area (Å²) in [5.74, 6) is 0.407. The van der Waals surface area contributed by atoms with E-state index >= 15 is 0 Å². The van der Waals surface area contributed by atoms with Crippen molar-refractivity contribution in [2.75, 3.05) is 25.8 Å². The maximum absolute atomic E-state index is 13.7. The Balaban J connectivity index is 1.51.